The van der Waals surface area contributed by atoms with Crippen molar-refractivity contribution in [3.63, 3.8) is 0 Å². The minimum atomic E-state index is 0.211. The van der Waals surface area contributed by atoms with Gasteiger partial charge < -0.3 is 15.2 Å². The molecule has 5 nitrogen and oxygen atoms in total. The molecule has 1 aliphatic heterocycles. The Morgan fingerprint density at radius 1 is 1.42 bits per heavy atom. The number of carbonyl (C=O) groups is 1. The summed E-state index contributed by atoms with van der Waals surface area (Å²) in [6, 6.07) is 7.94. The van der Waals surface area contributed by atoms with Crippen LogP contribution in [-0.2, 0) is 11.3 Å². The smallest absolute Gasteiger partial charge is 0.227 e. The molecule has 98 valence electrons. The van der Waals surface area contributed by atoms with Crippen molar-refractivity contribution in [1.29, 1.82) is 0 Å². The minimum absolute atomic E-state index is 0.211. The number of hydrogen-bond donors (Lipinski definition) is 2. The van der Waals surface area contributed by atoms with E-state index in [1.165, 1.54) is 0 Å². The molecule has 5 heteroatoms. The van der Waals surface area contributed by atoms with Gasteiger partial charge in [0.05, 0.1) is 6.54 Å². The van der Waals surface area contributed by atoms with Gasteiger partial charge in [-0.2, -0.15) is 0 Å². The number of carbonyl (C=O) groups excluding carboxylic acids is 1. The summed E-state index contributed by atoms with van der Waals surface area (Å²) < 4.78 is 0. The van der Waals surface area contributed by atoms with Gasteiger partial charge in [0.1, 0.15) is 5.82 Å². The van der Waals surface area contributed by atoms with Crippen molar-refractivity contribution in [2.45, 2.75) is 19.4 Å². The molecular weight excluding hydrogens is 240 g/mol. The summed E-state index contributed by atoms with van der Waals surface area (Å²) in [7, 11) is 0. The maximum Gasteiger partial charge on any atom is 0.227 e. The zero-order chi connectivity index (χ0) is 13.1. The van der Waals surface area contributed by atoms with E-state index in [0.29, 0.717) is 13.0 Å². The minimum Gasteiger partial charge on any atom is -0.378 e. The van der Waals surface area contributed by atoms with Crippen molar-refractivity contribution >= 4 is 17.3 Å². The Hall–Kier alpha value is -2.30. The quantitative estimate of drug-likeness (QED) is 0.881. The molecule has 0 aliphatic carbocycles. The average molecular weight is 256 g/mol. The summed E-state index contributed by atoms with van der Waals surface area (Å²) in [4.78, 5) is 20.8. The van der Waals surface area contributed by atoms with E-state index in [2.05, 4.69) is 15.3 Å². The second kappa shape index (κ2) is 5.14. The lowest BCUT2D eigenvalue weighted by Crippen LogP contribution is -2.23. The third kappa shape index (κ3) is 2.59. The van der Waals surface area contributed by atoms with Crippen LogP contribution in [0.1, 0.15) is 18.7 Å². The highest BCUT2D eigenvalue weighted by atomic mass is 16.2. The SMILES string of the molecule is O=C1CCCN1c1cccc(NCc2ncc[nH]2)c1. The van der Waals surface area contributed by atoms with Crippen molar-refractivity contribution in [2.24, 2.45) is 0 Å². The molecule has 2 aromatic rings. The second-order valence-electron chi connectivity index (χ2n) is 4.59. The Balaban J connectivity index is 1.71. The third-order valence-electron chi connectivity index (χ3n) is 3.25. The van der Waals surface area contributed by atoms with Crippen LogP contribution in [0, 0.1) is 0 Å². The molecule has 1 aromatic carbocycles. The number of amides is 1. The van der Waals surface area contributed by atoms with E-state index < -0.39 is 0 Å². The molecule has 2 N–H and O–H groups in total. The van der Waals surface area contributed by atoms with Gasteiger partial charge in [-0.3, -0.25) is 4.79 Å². The van der Waals surface area contributed by atoms with Gasteiger partial charge in [-0.1, -0.05) is 6.07 Å². The number of rotatable bonds is 4. The fourth-order valence-electron chi connectivity index (χ4n) is 2.29. The van der Waals surface area contributed by atoms with Gasteiger partial charge >= 0.3 is 0 Å². The van der Waals surface area contributed by atoms with Crippen LogP contribution in [0.15, 0.2) is 36.7 Å². The van der Waals surface area contributed by atoms with Gasteiger partial charge in [-0.05, 0) is 24.6 Å². The molecule has 0 bridgehead atoms. The van der Waals surface area contributed by atoms with Crippen LogP contribution in [0.5, 0.6) is 0 Å². The van der Waals surface area contributed by atoms with Gasteiger partial charge in [-0.25, -0.2) is 4.98 Å². The molecule has 1 saturated heterocycles. The summed E-state index contributed by atoms with van der Waals surface area (Å²) in [6.07, 6.45) is 5.14. The third-order valence-corrected chi connectivity index (χ3v) is 3.25. The molecule has 2 heterocycles. The lowest BCUT2D eigenvalue weighted by Gasteiger charge is -2.16. The Kier molecular flexibility index (Phi) is 3.18. The molecule has 0 atom stereocenters. The van der Waals surface area contributed by atoms with E-state index in [0.717, 1.165) is 30.2 Å². The van der Waals surface area contributed by atoms with Gasteiger partial charge in [0.25, 0.3) is 0 Å². The lowest BCUT2D eigenvalue weighted by atomic mass is 10.2. The number of imidazole rings is 1. The van der Waals surface area contributed by atoms with Gasteiger partial charge in [-0.15, -0.1) is 0 Å². The van der Waals surface area contributed by atoms with Crippen molar-refractivity contribution in [3.8, 4) is 0 Å². The number of aromatic amines is 1. The Morgan fingerprint density at radius 3 is 3.11 bits per heavy atom. The molecule has 1 aliphatic rings. The first kappa shape index (κ1) is 11.8. The molecule has 1 amide bonds. The van der Waals surface area contributed by atoms with Gasteiger partial charge in [0.15, 0.2) is 0 Å². The standard InChI is InChI=1S/C14H16N4O/c19-14-5-2-8-18(14)12-4-1-3-11(9-12)17-10-13-15-6-7-16-13/h1,3-4,6-7,9,17H,2,5,8,10H2,(H,15,16). The molecule has 0 spiro atoms. The summed E-state index contributed by atoms with van der Waals surface area (Å²) in [6.45, 7) is 1.46. The first-order chi connectivity index (χ1) is 9.33. The fraction of sp³-hybridized carbons (Fsp3) is 0.286. The molecule has 0 radical (unpaired) electrons. The predicted octanol–water partition coefficient (Wildman–Crippen LogP) is 2.15. The summed E-state index contributed by atoms with van der Waals surface area (Å²) in [5, 5.41) is 3.29. The Bertz CT molecular complexity index is 565. The zero-order valence-electron chi connectivity index (χ0n) is 10.6. The number of nitrogens with zero attached hydrogens (tertiary/aromatic N) is 2. The van der Waals surface area contributed by atoms with Crippen LogP contribution in [0.2, 0.25) is 0 Å². The molecule has 19 heavy (non-hydrogen) atoms. The number of anilines is 2. The van der Waals surface area contributed by atoms with E-state index in [4.69, 9.17) is 0 Å². The normalized spacial score (nSPS) is 14.9. The maximum absolute atomic E-state index is 11.7. The molecular formula is C14H16N4O. The monoisotopic (exact) mass is 256 g/mol. The van der Waals surface area contributed by atoms with Crippen LogP contribution in [0.3, 0.4) is 0 Å². The van der Waals surface area contributed by atoms with Crippen molar-refractivity contribution in [1.82, 2.24) is 9.97 Å². The number of benzene rings is 1. The summed E-state index contributed by atoms with van der Waals surface area (Å²) in [5.41, 5.74) is 1.96. The van der Waals surface area contributed by atoms with Crippen LogP contribution in [-0.4, -0.2) is 22.4 Å². The zero-order valence-corrected chi connectivity index (χ0v) is 10.6. The number of hydrogen-bond acceptors (Lipinski definition) is 3. The largest absolute Gasteiger partial charge is 0.378 e. The molecule has 1 aromatic heterocycles. The molecule has 0 unspecified atom stereocenters. The van der Waals surface area contributed by atoms with Crippen molar-refractivity contribution in [2.75, 3.05) is 16.8 Å². The van der Waals surface area contributed by atoms with Gasteiger partial charge in [0, 0.05) is 36.7 Å². The first-order valence-electron chi connectivity index (χ1n) is 6.45. The van der Waals surface area contributed by atoms with Crippen LogP contribution in [0.25, 0.3) is 0 Å². The highest BCUT2D eigenvalue weighted by molar-refractivity contribution is 5.95. The van der Waals surface area contributed by atoms with Gasteiger partial charge in [0.2, 0.25) is 5.91 Å². The molecule has 0 saturated carbocycles. The van der Waals surface area contributed by atoms with E-state index in [9.17, 15) is 4.79 Å². The number of aromatic nitrogens is 2. The molecule has 1 fully saturated rings. The predicted molar refractivity (Wildman–Crippen MR) is 73.9 cm³/mol. The number of nitrogens with one attached hydrogen (secondary N) is 2. The Labute approximate surface area is 111 Å². The Morgan fingerprint density at radius 2 is 2.37 bits per heavy atom. The van der Waals surface area contributed by atoms with Crippen LogP contribution >= 0.6 is 0 Å². The van der Waals surface area contributed by atoms with E-state index in [-0.39, 0.29) is 5.91 Å². The summed E-state index contributed by atoms with van der Waals surface area (Å²) >= 11 is 0. The average Bonchev–Trinajstić information content (AvgIpc) is 3.08. The topological polar surface area (TPSA) is 61.0 Å². The van der Waals surface area contributed by atoms with Crippen LogP contribution < -0.4 is 10.2 Å². The van der Waals surface area contributed by atoms with E-state index in [1.807, 2.05) is 29.2 Å². The highest BCUT2D eigenvalue weighted by Crippen LogP contribution is 2.24. The van der Waals surface area contributed by atoms with Crippen molar-refractivity contribution < 1.29 is 4.79 Å². The van der Waals surface area contributed by atoms with Crippen LogP contribution in [0.4, 0.5) is 11.4 Å². The van der Waals surface area contributed by atoms with Crippen molar-refractivity contribution in [3.05, 3.63) is 42.5 Å². The lowest BCUT2D eigenvalue weighted by molar-refractivity contribution is -0.117. The molecule has 3 rings (SSSR count). The number of H-pyrrole nitrogens is 1. The fourth-order valence-corrected chi connectivity index (χ4v) is 2.29. The highest BCUT2D eigenvalue weighted by Gasteiger charge is 2.21. The second-order valence-corrected chi connectivity index (χ2v) is 4.59. The first-order valence-corrected chi connectivity index (χ1v) is 6.45. The summed E-state index contributed by atoms with van der Waals surface area (Å²) in [5.74, 6) is 1.10. The van der Waals surface area contributed by atoms with E-state index >= 15 is 0 Å². The van der Waals surface area contributed by atoms with E-state index in [1.54, 1.807) is 12.4 Å². The maximum atomic E-state index is 11.7.